The van der Waals surface area contributed by atoms with E-state index in [0.717, 1.165) is 24.3 Å². The summed E-state index contributed by atoms with van der Waals surface area (Å²) >= 11 is 2.26. The number of ether oxygens (including phenoxy) is 2. The molecule has 0 radical (unpaired) electrons. The predicted molar refractivity (Wildman–Crippen MR) is 140 cm³/mol. The molecule has 1 unspecified atom stereocenters. The minimum Gasteiger partial charge on any atom is -0.480 e. The number of pyridine rings is 1. The summed E-state index contributed by atoms with van der Waals surface area (Å²) in [6.45, 7) is 6.79. The molecule has 8 nitrogen and oxygen atoms in total. The molecule has 0 bridgehead atoms. The van der Waals surface area contributed by atoms with Crippen LogP contribution in [0.4, 0.5) is 10.1 Å². The second-order valence-corrected chi connectivity index (χ2v) is 9.16. The van der Waals surface area contributed by atoms with Gasteiger partial charge in [0.1, 0.15) is 23.4 Å². The molecule has 35 heavy (non-hydrogen) atoms. The molecule has 1 saturated heterocycles. The fourth-order valence-electron chi connectivity index (χ4n) is 4.04. The molecule has 3 aromatic heterocycles. The van der Waals surface area contributed by atoms with E-state index in [-0.39, 0.29) is 3.92 Å². The van der Waals surface area contributed by atoms with Gasteiger partial charge >= 0.3 is 0 Å². The first-order chi connectivity index (χ1) is 17.1. The molecule has 0 aliphatic carbocycles. The van der Waals surface area contributed by atoms with Crippen molar-refractivity contribution in [1.82, 2.24) is 25.1 Å². The van der Waals surface area contributed by atoms with Crippen molar-refractivity contribution >= 4 is 45.4 Å². The SMILES string of the molecule is C=Cc1cc(F)c(-c2ncnc3cc(N4CCOCC4)cnc23)cc1C(I)c1ccc(OC)nn1. The summed E-state index contributed by atoms with van der Waals surface area (Å²) in [5, 5.41) is 8.33. The third-order valence-corrected chi connectivity index (χ3v) is 7.20. The number of aromatic nitrogens is 5. The Kier molecular flexibility index (Phi) is 6.82. The van der Waals surface area contributed by atoms with E-state index in [1.54, 1.807) is 24.4 Å². The lowest BCUT2D eigenvalue weighted by atomic mass is 9.97. The van der Waals surface area contributed by atoms with Gasteiger partial charge in [0, 0.05) is 24.7 Å². The zero-order valence-electron chi connectivity index (χ0n) is 19.0. The van der Waals surface area contributed by atoms with E-state index in [9.17, 15) is 0 Å². The largest absolute Gasteiger partial charge is 0.480 e. The number of halogens is 2. The Morgan fingerprint density at radius 1 is 1.14 bits per heavy atom. The number of hydrogen-bond donors (Lipinski definition) is 0. The molecule has 1 aromatic carbocycles. The van der Waals surface area contributed by atoms with Crippen LogP contribution in [0.5, 0.6) is 5.88 Å². The van der Waals surface area contributed by atoms with Crippen LogP contribution in [0.15, 0.2) is 49.4 Å². The Morgan fingerprint density at radius 2 is 1.97 bits per heavy atom. The first-order valence-corrected chi connectivity index (χ1v) is 12.2. The molecular weight excluding hydrogens is 562 g/mol. The van der Waals surface area contributed by atoms with Gasteiger partial charge in [-0.05, 0) is 35.4 Å². The predicted octanol–water partition coefficient (Wildman–Crippen LogP) is 4.63. The summed E-state index contributed by atoms with van der Waals surface area (Å²) < 4.78 is 25.7. The maximum atomic E-state index is 15.4. The minimum absolute atomic E-state index is 0.202. The van der Waals surface area contributed by atoms with Gasteiger partial charge in [-0.25, -0.2) is 14.4 Å². The van der Waals surface area contributed by atoms with E-state index in [4.69, 9.17) is 9.47 Å². The lowest BCUT2D eigenvalue weighted by Crippen LogP contribution is -2.36. The van der Waals surface area contributed by atoms with Crippen LogP contribution in [0.2, 0.25) is 0 Å². The Bertz CT molecular complexity index is 1380. The maximum Gasteiger partial charge on any atom is 0.233 e. The standard InChI is InChI=1S/C25H22FIN6O2/c1-3-15-10-19(26)18(12-17(15)23(27)20-4-5-22(34-2)32-31-20)24-25-21(29-14-30-24)11-16(13-28-25)33-6-8-35-9-7-33/h3-5,10-14,23H,1,6-9H2,2H3. The molecule has 0 saturated carbocycles. The van der Waals surface area contributed by atoms with Crippen LogP contribution < -0.4 is 9.64 Å². The Balaban J connectivity index is 1.58. The monoisotopic (exact) mass is 584 g/mol. The van der Waals surface area contributed by atoms with E-state index in [1.165, 1.54) is 19.5 Å². The number of anilines is 1. The molecule has 1 atom stereocenters. The van der Waals surface area contributed by atoms with Crippen molar-refractivity contribution in [1.29, 1.82) is 0 Å². The van der Waals surface area contributed by atoms with Crippen LogP contribution in [-0.2, 0) is 4.74 Å². The van der Waals surface area contributed by atoms with Crippen LogP contribution in [-0.4, -0.2) is 58.6 Å². The highest BCUT2D eigenvalue weighted by Crippen LogP contribution is 2.38. The normalized spacial score (nSPS) is 14.7. The highest BCUT2D eigenvalue weighted by Gasteiger charge is 2.22. The van der Waals surface area contributed by atoms with E-state index >= 15 is 4.39 Å². The van der Waals surface area contributed by atoms with Crippen LogP contribution in [0.3, 0.4) is 0 Å². The average molecular weight is 584 g/mol. The molecule has 1 aliphatic heterocycles. The zero-order chi connectivity index (χ0) is 24.4. The molecule has 0 amide bonds. The first-order valence-electron chi connectivity index (χ1n) is 11.0. The molecular formula is C25H22FIN6O2. The Labute approximate surface area is 215 Å². The molecule has 4 heterocycles. The van der Waals surface area contributed by atoms with Crippen molar-refractivity contribution in [2.75, 3.05) is 38.3 Å². The van der Waals surface area contributed by atoms with Crippen molar-refractivity contribution < 1.29 is 13.9 Å². The van der Waals surface area contributed by atoms with Crippen molar-refractivity contribution in [2.45, 2.75) is 3.92 Å². The van der Waals surface area contributed by atoms with Gasteiger partial charge in [-0.2, -0.15) is 5.10 Å². The zero-order valence-corrected chi connectivity index (χ0v) is 21.1. The molecule has 178 valence electrons. The maximum absolute atomic E-state index is 15.4. The Morgan fingerprint density at radius 3 is 2.69 bits per heavy atom. The third kappa shape index (κ3) is 4.67. The second kappa shape index (κ2) is 10.2. The van der Waals surface area contributed by atoms with Gasteiger partial charge in [0.15, 0.2) is 0 Å². The lowest BCUT2D eigenvalue weighted by molar-refractivity contribution is 0.122. The van der Waals surface area contributed by atoms with Crippen LogP contribution in [0, 0.1) is 5.82 Å². The van der Waals surface area contributed by atoms with Crippen molar-refractivity contribution in [3.05, 3.63) is 72.1 Å². The number of morpholine rings is 1. The van der Waals surface area contributed by atoms with Gasteiger partial charge in [-0.15, -0.1) is 5.10 Å². The number of fused-ring (bicyclic) bond motifs is 1. The summed E-state index contributed by atoms with van der Waals surface area (Å²) in [6.07, 6.45) is 4.86. The van der Waals surface area contributed by atoms with Gasteiger partial charge in [0.2, 0.25) is 5.88 Å². The number of hydrogen-bond acceptors (Lipinski definition) is 8. The fraction of sp³-hybridized carbons (Fsp3) is 0.240. The number of nitrogens with zero attached hydrogens (tertiary/aromatic N) is 6. The summed E-state index contributed by atoms with van der Waals surface area (Å²) in [5.41, 5.74) is 5.15. The summed E-state index contributed by atoms with van der Waals surface area (Å²) in [4.78, 5) is 15.7. The van der Waals surface area contributed by atoms with Gasteiger partial charge in [-0.3, -0.25) is 4.98 Å². The summed E-state index contributed by atoms with van der Waals surface area (Å²) in [6, 6.07) is 8.81. The Hall–Kier alpha value is -3.25. The van der Waals surface area contributed by atoms with E-state index in [2.05, 4.69) is 59.2 Å². The summed E-state index contributed by atoms with van der Waals surface area (Å²) in [7, 11) is 1.54. The lowest BCUT2D eigenvalue weighted by Gasteiger charge is -2.28. The van der Waals surface area contributed by atoms with Gasteiger partial charge in [-0.1, -0.05) is 35.2 Å². The number of benzene rings is 1. The van der Waals surface area contributed by atoms with E-state index in [1.807, 2.05) is 12.1 Å². The average Bonchev–Trinajstić information content (AvgIpc) is 2.92. The van der Waals surface area contributed by atoms with Gasteiger partial charge in [0.25, 0.3) is 0 Å². The molecule has 1 fully saturated rings. The quantitative estimate of drug-likeness (QED) is 0.240. The fourth-order valence-corrected chi connectivity index (χ4v) is 4.91. The highest BCUT2D eigenvalue weighted by molar-refractivity contribution is 14.1. The van der Waals surface area contributed by atoms with Crippen molar-refractivity contribution in [3.8, 4) is 17.1 Å². The molecule has 5 rings (SSSR count). The van der Waals surface area contributed by atoms with Crippen LogP contribution >= 0.6 is 22.6 Å². The molecule has 0 spiro atoms. The van der Waals surface area contributed by atoms with Gasteiger partial charge in [0.05, 0.1) is 47.3 Å². The number of methoxy groups -OCH3 is 1. The number of rotatable bonds is 6. The van der Waals surface area contributed by atoms with Crippen molar-refractivity contribution in [3.63, 3.8) is 0 Å². The van der Waals surface area contributed by atoms with E-state index < -0.39 is 5.82 Å². The second-order valence-electron chi connectivity index (χ2n) is 7.91. The van der Waals surface area contributed by atoms with Crippen LogP contribution in [0.1, 0.15) is 20.7 Å². The summed E-state index contributed by atoms with van der Waals surface area (Å²) in [5.74, 6) is 0.0168. The smallest absolute Gasteiger partial charge is 0.233 e. The minimum atomic E-state index is -0.410. The molecule has 1 aliphatic rings. The molecule has 4 aromatic rings. The first kappa shape index (κ1) is 23.5. The van der Waals surface area contributed by atoms with Crippen LogP contribution in [0.25, 0.3) is 28.4 Å². The van der Waals surface area contributed by atoms with Gasteiger partial charge < -0.3 is 14.4 Å². The molecule has 10 heteroatoms. The molecule has 0 N–H and O–H groups in total. The topological polar surface area (TPSA) is 86.2 Å². The number of alkyl halides is 1. The third-order valence-electron chi connectivity index (χ3n) is 5.89. The highest BCUT2D eigenvalue weighted by atomic mass is 127. The van der Waals surface area contributed by atoms with E-state index in [0.29, 0.717) is 52.6 Å². The van der Waals surface area contributed by atoms with Crippen molar-refractivity contribution in [2.24, 2.45) is 0 Å².